The van der Waals surface area contributed by atoms with E-state index in [1.165, 1.54) is 24.9 Å². The van der Waals surface area contributed by atoms with Crippen LogP contribution in [0.4, 0.5) is 0 Å². The molecule has 2 unspecified atom stereocenters. The maximum Gasteiger partial charge on any atom is 0.0466 e. The average molecular weight is 187 g/mol. The summed E-state index contributed by atoms with van der Waals surface area (Å²) in [5, 5.41) is 3.69. The Balaban J connectivity index is 2.22. The van der Waals surface area contributed by atoms with Crippen molar-refractivity contribution in [3.05, 3.63) is 35.4 Å². The van der Waals surface area contributed by atoms with Crippen molar-refractivity contribution in [3.63, 3.8) is 0 Å². The molecule has 1 N–H and O–H groups in total. The number of nitrogens with one attached hydrogen (secondary N) is 1. The van der Waals surface area contributed by atoms with Gasteiger partial charge in [0.25, 0.3) is 0 Å². The molecular weight excluding hydrogens is 170 g/mol. The zero-order chi connectivity index (χ0) is 9.81. The van der Waals surface area contributed by atoms with E-state index < -0.39 is 0 Å². The molecule has 1 nitrogen and oxygen atoms in total. The normalized spacial score (nSPS) is 39.6. The second-order valence-corrected chi connectivity index (χ2v) is 5.20. The number of fused-ring (bicyclic) bond motifs is 3. The highest BCUT2D eigenvalue weighted by Gasteiger charge is 2.54. The van der Waals surface area contributed by atoms with Crippen LogP contribution in [-0.2, 0) is 12.0 Å². The van der Waals surface area contributed by atoms with E-state index in [2.05, 4.69) is 43.4 Å². The Kier molecular flexibility index (Phi) is 1.46. The lowest BCUT2D eigenvalue weighted by Crippen LogP contribution is -2.41. The quantitative estimate of drug-likeness (QED) is 0.658. The topological polar surface area (TPSA) is 12.0 Å². The van der Waals surface area contributed by atoms with Gasteiger partial charge in [0.05, 0.1) is 0 Å². The fraction of sp³-hybridized carbons (Fsp3) is 0.538. The summed E-state index contributed by atoms with van der Waals surface area (Å²) in [4.78, 5) is 0. The van der Waals surface area contributed by atoms with E-state index in [9.17, 15) is 0 Å². The molecule has 3 rings (SSSR count). The minimum atomic E-state index is 0.226. The van der Waals surface area contributed by atoms with Gasteiger partial charge in [-0.2, -0.15) is 0 Å². The first kappa shape index (κ1) is 8.49. The number of hydrogen-bond acceptors (Lipinski definition) is 1. The van der Waals surface area contributed by atoms with Gasteiger partial charge in [-0.05, 0) is 42.9 Å². The molecule has 1 aromatic rings. The molecule has 0 amide bonds. The molecule has 14 heavy (non-hydrogen) atoms. The molecule has 1 saturated heterocycles. The molecule has 2 atom stereocenters. The van der Waals surface area contributed by atoms with Crippen LogP contribution in [0.25, 0.3) is 0 Å². The number of benzene rings is 1. The molecule has 0 spiro atoms. The lowest BCUT2D eigenvalue weighted by molar-refractivity contribution is 0.205. The molecule has 0 radical (unpaired) electrons. The fourth-order valence-corrected chi connectivity index (χ4v) is 3.32. The van der Waals surface area contributed by atoms with E-state index >= 15 is 0 Å². The van der Waals surface area contributed by atoms with Crippen LogP contribution in [0, 0.1) is 5.41 Å². The number of rotatable bonds is 0. The highest BCUT2D eigenvalue weighted by Crippen LogP contribution is 2.54. The minimum absolute atomic E-state index is 0.226. The maximum atomic E-state index is 3.69. The van der Waals surface area contributed by atoms with Crippen molar-refractivity contribution >= 4 is 0 Å². The molecule has 1 heteroatoms. The van der Waals surface area contributed by atoms with Crippen molar-refractivity contribution < 1.29 is 0 Å². The van der Waals surface area contributed by atoms with Gasteiger partial charge in [0.15, 0.2) is 0 Å². The third-order valence-corrected chi connectivity index (χ3v) is 4.50. The van der Waals surface area contributed by atoms with E-state index in [1.54, 1.807) is 5.56 Å². The SMILES string of the molecule is CC12CCNC1(C)c1ccccc1C2. The summed E-state index contributed by atoms with van der Waals surface area (Å²) in [6.07, 6.45) is 2.55. The Morgan fingerprint density at radius 3 is 2.86 bits per heavy atom. The van der Waals surface area contributed by atoms with E-state index in [0.717, 1.165) is 0 Å². The molecule has 0 saturated carbocycles. The van der Waals surface area contributed by atoms with Gasteiger partial charge in [0.1, 0.15) is 0 Å². The van der Waals surface area contributed by atoms with Crippen molar-refractivity contribution in [3.8, 4) is 0 Å². The summed E-state index contributed by atoms with van der Waals surface area (Å²) in [6, 6.07) is 8.90. The Bertz CT molecular complexity index is 385. The fourth-order valence-electron chi connectivity index (χ4n) is 3.32. The third-order valence-electron chi connectivity index (χ3n) is 4.50. The van der Waals surface area contributed by atoms with Crippen LogP contribution in [-0.4, -0.2) is 6.54 Å². The predicted molar refractivity (Wildman–Crippen MR) is 58.2 cm³/mol. The second-order valence-electron chi connectivity index (χ2n) is 5.20. The monoisotopic (exact) mass is 187 g/mol. The van der Waals surface area contributed by atoms with Crippen molar-refractivity contribution in [2.24, 2.45) is 5.41 Å². The van der Waals surface area contributed by atoms with Gasteiger partial charge in [-0.25, -0.2) is 0 Å². The van der Waals surface area contributed by atoms with Crippen molar-refractivity contribution in [1.82, 2.24) is 5.32 Å². The highest BCUT2D eigenvalue weighted by atomic mass is 15.0. The number of hydrogen-bond donors (Lipinski definition) is 1. The van der Waals surface area contributed by atoms with Crippen molar-refractivity contribution in [2.75, 3.05) is 6.54 Å². The molecule has 1 fully saturated rings. The zero-order valence-corrected chi connectivity index (χ0v) is 8.93. The Morgan fingerprint density at radius 1 is 1.21 bits per heavy atom. The Hall–Kier alpha value is -0.820. The molecule has 0 bridgehead atoms. The van der Waals surface area contributed by atoms with Gasteiger partial charge in [-0.3, -0.25) is 0 Å². The molecule has 2 aliphatic rings. The lowest BCUT2D eigenvalue weighted by Gasteiger charge is -2.35. The summed E-state index contributed by atoms with van der Waals surface area (Å²) < 4.78 is 0. The third kappa shape index (κ3) is 0.795. The summed E-state index contributed by atoms with van der Waals surface area (Å²) in [5.74, 6) is 0. The first-order valence-corrected chi connectivity index (χ1v) is 5.49. The van der Waals surface area contributed by atoms with Crippen molar-refractivity contribution in [1.29, 1.82) is 0 Å². The molecule has 1 aromatic carbocycles. The average Bonchev–Trinajstić information content (AvgIpc) is 2.54. The van der Waals surface area contributed by atoms with Gasteiger partial charge in [0.2, 0.25) is 0 Å². The van der Waals surface area contributed by atoms with E-state index in [0.29, 0.717) is 5.41 Å². The van der Waals surface area contributed by atoms with Gasteiger partial charge < -0.3 is 5.32 Å². The summed E-state index contributed by atoms with van der Waals surface area (Å²) in [6.45, 7) is 5.96. The lowest BCUT2D eigenvalue weighted by atomic mass is 9.74. The van der Waals surface area contributed by atoms with Crippen LogP contribution >= 0.6 is 0 Å². The van der Waals surface area contributed by atoms with E-state index in [1.807, 2.05) is 0 Å². The predicted octanol–water partition coefficient (Wildman–Crippen LogP) is 2.46. The second kappa shape index (κ2) is 2.40. The van der Waals surface area contributed by atoms with Crippen molar-refractivity contribution in [2.45, 2.75) is 32.2 Å². The van der Waals surface area contributed by atoms with Crippen LogP contribution < -0.4 is 5.32 Å². The van der Waals surface area contributed by atoms with E-state index in [4.69, 9.17) is 0 Å². The van der Waals surface area contributed by atoms with Crippen LogP contribution in [0.3, 0.4) is 0 Å². The largest absolute Gasteiger partial charge is 0.307 e. The molecule has 1 aliphatic carbocycles. The standard InChI is InChI=1S/C13H17N/c1-12-7-8-14-13(12,2)11-6-4-3-5-10(11)9-12/h3-6,14H,7-9H2,1-2H3. The highest BCUT2D eigenvalue weighted by molar-refractivity contribution is 5.43. The van der Waals surface area contributed by atoms with Crippen LogP contribution in [0.5, 0.6) is 0 Å². The Labute approximate surface area is 85.5 Å². The van der Waals surface area contributed by atoms with Crippen LogP contribution in [0.1, 0.15) is 31.4 Å². The first-order chi connectivity index (χ1) is 6.66. The molecule has 74 valence electrons. The van der Waals surface area contributed by atoms with Gasteiger partial charge in [-0.15, -0.1) is 0 Å². The summed E-state index contributed by atoms with van der Waals surface area (Å²) in [7, 11) is 0. The van der Waals surface area contributed by atoms with E-state index in [-0.39, 0.29) is 5.54 Å². The maximum absolute atomic E-state index is 3.69. The molecule has 0 aromatic heterocycles. The minimum Gasteiger partial charge on any atom is -0.307 e. The molecular formula is C13H17N. The van der Waals surface area contributed by atoms with Crippen LogP contribution in [0.2, 0.25) is 0 Å². The molecule has 1 heterocycles. The first-order valence-electron chi connectivity index (χ1n) is 5.49. The molecule has 1 aliphatic heterocycles. The van der Waals surface area contributed by atoms with Crippen LogP contribution in [0.15, 0.2) is 24.3 Å². The summed E-state index contributed by atoms with van der Waals surface area (Å²) in [5.41, 5.74) is 3.74. The summed E-state index contributed by atoms with van der Waals surface area (Å²) >= 11 is 0. The smallest absolute Gasteiger partial charge is 0.0466 e. The van der Waals surface area contributed by atoms with Gasteiger partial charge in [-0.1, -0.05) is 31.2 Å². The van der Waals surface area contributed by atoms with Gasteiger partial charge >= 0.3 is 0 Å². The van der Waals surface area contributed by atoms with Gasteiger partial charge in [0, 0.05) is 5.54 Å². The Morgan fingerprint density at radius 2 is 2.00 bits per heavy atom. The zero-order valence-electron chi connectivity index (χ0n) is 8.93.